The number of halogens is 1. The molecule has 0 saturated carbocycles. The molecule has 0 saturated heterocycles. The molecule has 0 atom stereocenters. The molecule has 0 unspecified atom stereocenters. The molecule has 84 valence electrons. The van der Waals surface area contributed by atoms with Crippen molar-refractivity contribution in [3.8, 4) is 0 Å². The van der Waals surface area contributed by atoms with Crippen molar-refractivity contribution in [1.29, 1.82) is 0 Å². The number of benzene rings is 1. The van der Waals surface area contributed by atoms with Gasteiger partial charge in [0.15, 0.2) is 0 Å². The number of nitrogens with one attached hydrogen (secondary N) is 2. The second-order valence-electron chi connectivity index (χ2n) is 3.29. The van der Waals surface area contributed by atoms with Gasteiger partial charge in [0, 0.05) is 11.8 Å². The van der Waals surface area contributed by atoms with Crippen LogP contribution in [0.3, 0.4) is 0 Å². The van der Waals surface area contributed by atoms with Gasteiger partial charge in [-0.15, -0.1) is 0 Å². The van der Waals surface area contributed by atoms with Gasteiger partial charge in [0.05, 0.1) is 18.6 Å². The molecule has 1 heterocycles. The van der Waals surface area contributed by atoms with Crippen LogP contribution in [-0.4, -0.2) is 12.9 Å². The van der Waals surface area contributed by atoms with E-state index in [4.69, 9.17) is 4.84 Å². The van der Waals surface area contributed by atoms with Crippen LogP contribution in [0.2, 0.25) is 0 Å². The first-order valence-corrected chi connectivity index (χ1v) is 4.91. The van der Waals surface area contributed by atoms with Crippen molar-refractivity contribution in [3.05, 3.63) is 47.5 Å². The number of rotatable bonds is 4. The van der Waals surface area contributed by atoms with Gasteiger partial charge in [0.2, 0.25) is 0 Å². The molecule has 16 heavy (non-hydrogen) atoms. The van der Waals surface area contributed by atoms with Crippen molar-refractivity contribution in [1.82, 2.24) is 10.8 Å². The van der Waals surface area contributed by atoms with Gasteiger partial charge in [-0.25, -0.2) is 4.39 Å². The Bertz CT molecular complexity index is 417. The maximum atomic E-state index is 13.2. The normalized spacial score (nSPS) is 14.2. The quantitative estimate of drug-likeness (QED) is 0.754. The predicted octanol–water partition coefficient (Wildman–Crippen LogP) is 1.32. The highest BCUT2D eigenvalue weighted by molar-refractivity contribution is 5.57. The molecule has 0 radical (unpaired) electrons. The van der Waals surface area contributed by atoms with E-state index in [1.165, 1.54) is 6.07 Å². The molecule has 1 aromatic rings. The average molecular weight is 221 g/mol. The van der Waals surface area contributed by atoms with Gasteiger partial charge in [-0.05, 0) is 6.07 Å². The molecule has 4 nitrogen and oxygen atoms in total. The van der Waals surface area contributed by atoms with Gasteiger partial charge in [0.1, 0.15) is 12.4 Å². The monoisotopic (exact) mass is 221 g/mol. The minimum absolute atomic E-state index is 0.174. The van der Waals surface area contributed by atoms with E-state index >= 15 is 0 Å². The summed E-state index contributed by atoms with van der Waals surface area (Å²) in [5, 5.41) is 2.82. The van der Waals surface area contributed by atoms with Crippen molar-refractivity contribution in [2.45, 2.75) is 6.61 Å². The fourth-order valence-corrected chi connectivity index (χ4v) is 1.26. The van der Waals surface area contributed by atoms with Gasteiger partial charge in [-0.2, -0.15) is 0 Å². The van der Waals surface area contributed by atoms with Crippen LogP contribution in [0, 0.1) is 5.82 Å². The summed E-state index contributed by atoms with van der Waals surface area (Å²) in [4.78, 5) is 9.15. The van der Waals surface area contributed by atoms with E-state index in [2.05, 4.69) is 15.8 Å². The molecule has 0 fully saturated rings. The fraction of sp³-hybridized carbons (Fsp3) is 0.182. The third kappa shape index (κ3) is 2.80. The van der Waals surface area contributed by atoms with Gasteiger partial charge >= 0.3 is 0 Å². The Morgan fingerprint density at radius 2 is 2.31 bits per heavy atom. The van der Waals surface area contributed by atoms with Crippen LogP contribution in [0.5, 0.6) is 0 Å². The molecule has 5 heteroatoms. The lowest BCUT2D eigenvalue weighted by atomic mass is 10.2. The van der Waals surface area contributed by atoms with Gasteiger partial charge in [0.25, 0.3) is 0 Å². The maximum Gasteiger partial charge on any atom is 0.128 e. The van der Waals surface area contributed by atoms with E-state index in [0.29, 0.717) is 12.1 Å². The largest absolute Gasteiger partial charge is 0.351 e. The molecule has 1 aromatic carbocycles. The number of hydroxylamine groups is 1. The summed E-state index contributed by atoms with van der Waals surface area (Å²) in [5.74, 6) is -0.266. The Hall–Kier alpha value is -1.88. The molecule has 2 N–H and O–H groups in total. The van der Waals surface area contributed by atoms with Gasteiger partial charge < -0.3 is 5.32 Å². The Balaban J connectivity index is 1.80. The summed E-state index contributed by atoms with van der Waals surface area (Å²) in [6, 6.07) is 6.51. The molecule has 1 aliphatic heterocycles. The molecule has 2 rings (SSSR count). The summed E-state index contributed by atoms with van der Waals surface area (Å²) >= 11 is 0. The van der Waals surface area contributed by atoms with Crippen molar-refractivity contribution in [3.63, 3.8) is 0 Å². The first-order chi connectivity index (χ1) is 7.86. The van der Waals surface area contributed by atoms with E-state index in [-0.39, 0.29) is 12.4 Å². The average Bonchev–Trinajstić information content (AvgIpc) is 2.33. The Morgan fingerprint density at radius 3 is 3.06 bits per heavy atom. The fourth-order valence-electron chi connectivity index (χ4n) is 1.26. The van der Waals surface area contributed by atoms with Gasteiger partial charge in [-0.3, -0.25) is 15.3 Å². The Labute approximate surface area is 92.8 Å². The van der Waals surface area contributed by atoms with Crippen molar-refractivity contribution >= 4 is 6.34 Å². The third-order valence-corrected chi connectivity index (χ3v) is 2.07. The van der Waals surface area contributed by atoms with Crippen LogP contribution < -0.4 is 10.8 Å². The van der Waals surface area contributed by atoms with Crippen LogP contribution in [0.4, 0.5) is 4.39 Å². The topological polar surface area (TPSA) is 45.6 Å². The number of nitrogens with zero attached hydrogens (tertiary/aromatic N) is 1. The molecule has 0 aliphatic carbocycles. The van der Waals surface area contributed by atoms with Crippen LogP contribution in [0.1, 0.15) is 5.56 Å². The second kappa shape index (κ2) is 5.27. The van der Waals surface area contributed by atoms with E-state index in [0.717, 1.165) is 5.70 Å². The number of hydrogen-bond donors (Lipinski definition) is 2. The second-order valence-corrected chi connectivity index (χ2v) is 3.29. The Morgan fingerprint density at radius 1 is 1.44 bits per heavy atom. The highest BCUT2D eigenvalue weighted by Gasteiger charge is 2.02. The lowest BCUT2D eigenvalue weighted by Gasteiger charge is -2.11. The van der Waals surface area contributed by atoms with E-state index in [9.17, 15) is 4.39 Å². The van der Waals surface area contributed by atoms with Crippen molar-refractivity contribution < 1.29 is 9.23 Å². The lowest BCUT2D eigenvalue weighted by Crippen LogP contribution is -2.22. The minimum Gasteiger partial charge on any atom is -0.351 e. The predicted molar refractivity (Wildman–Crippen MR) is 58.9 cm³/mol. The molecule has 0 bridgehead atoms. The maximum absolute atomic E-state index is 13.2. The Kier molecular flexibility index (Phi) is 3.50. The zero-order valence-electron chi connectivity index (χ0n) is 8.61. The minimum atomic E-state index is -0.266. The van der Waals surface area contributed by atoms with Crippen molar-refractivity contribution in [2.75, 3.05) is 6.54 Å². The standard InChI is InChI=1S/C11H12FN3O/c12-11-4-2-1-3-9(11)7-16-15-10-5-13-8-14-6-10/h1-5,8,15H,6-7H2,(H,13,14). The SMILES string of the molecule is Fc1ccccc1CONC1=CNC=NC1. The summed E-state index contributed by atoms with van der Waals surface area (Å²) in [7, 11) is 0. The number of aliphatic imine (C=N–C) groups is 1. The molecular formula is C11H12FN3O. The van der Waals surface area contributed by atoms with Crippen molar-refractivity contribution in [2.24, 2.45) is 4.99 Å². The van der Waals surface area contributed by atoms with Crippen LogP contribution in [0.25, 0.3) is 0 Å². The van der Waals surface area contributed by atoms with Gasteiger partial charge in [-0.1, -0.05) is 18.2 Å². The first kappa shape index (κ1) is 10.6. The van der Waals surface area contributed by atoms with E-state index in [1.807, 2.05) is 0 Å². The van der Waals surface area contributed by atoms with Crippen LogP contribution in [0.15, 0.2) is 41.2 Å². The van der Waals surface area contributed by atoms with Crippen LogP contribution >= 0.6 is 0 Å². The first-order valence-electron chi connectivity index (χ1n) is 4.91. The molecule has 0 amide bonds. The molecule has 1 aliphatic rings. The molecular weight excluding hydrogens is 209 g/mol. The number of hydrogen-bond acceptors (Lipinski definition) is 4. The van der Waals surface area contributed by atoms with E-state index in [1.54, 1.807) is 30.7 Å². The summed E-state index contributed by atoms with van der Waals surface area (Å²) in [6.07, 6.45) is 3.34. The lowest BCUT2D eigenvalue weighted by molar-refractivity contribution is 0.0464. The third-order valence-electron chi connectivity index (χ3n) is 2.07. The summed E-state index contributed by atoms with van der Waals surface area (Å²) < 4.78 is 13.2. The zero-order chi connectivity index (χ0) is 11.2. The summed E-state index contributed by atoms with van der Waals surface area (Å²) in [6.45, 7) is 0.706. The molecule has 0 spiro atoms. The highest BCUT2D eigenvalue weighted by atomic mass is 19.1. The van der Waals surface area contributed by atoms with E-state index < -0.39 is 0 Å². The van der Waals surface area contributed by atoms with Crippen LogP contribution in [-0.2, 0) is 11.4 Å². The molecule has 0 aromatic heterocycles. The zero-order valence-corrected chi connectivity index (χ0v) is 8.61. The summed E-state index contributed by atoms with van der Waals surface area (Å²) in [5.41, 5.74) is 4.04. The highest BCUT2D eigenvalue weighted by Crippen LogP contribution is 2.07. The smallest absolute Gasteiger partial charge is 0.128 e.